The highest BCUT2D eigenvalue weighted by atomic mass is 32.2. The topological polar surface area (TPSA) is 107 Å². The van der Waals surface area contributed by atoms with Crippen molar-refractivity contribution in [3.63, 3.8) is 0 Å². The van der Waals surface area contributed by atoms with Crippen molar-refractivity contribution in [1.82, 2.24) is 15.6 Å². The molecule has 154 valence electrons. The number of carbonyl (C=O) groups is 2. The molecule has 0 spiro atoms. The first-order valence-corrected chi connectivity index (χ1v) is 11.6. The largest absolute Gasteiger partial charge is 0.545 e. The Morgan fingerprint density at radius 2 is 1.80 bits per heavy atom. The molecule has 0 radical (unpaired) electrons. The van der Waals surface area contributed by atoms with Gasteiger partial charge >= 0.3 is 0 Å². The summed E-state index contributed by atoms with van der Waals surface area (Å²) in [5, 5.41) is 23.1. The molecule has 0 saturated heterocycles. The summed E-state index contributed by atoms with van der Waals surface area (Å²) in [6, 6.07) is 14.6. The van der Waals surface area contributed by atoms with E-state index in [9.17, 15) is 14.7 Å². The molecular formula is C20H17N4O3S3-. The van der Waals surface area contributed by atoms with Gasteiger partial charge in [0.25, 0.3) is 5.91 Å². The number of thioether (sulfide) groups is 2. The number of aromatic nitrogens is 2. The molecule has 0 atom stereocenters. The minimum atomic E-state index is -1.30. The molecule has 10 heteroatoms. The van der Waals surface area contributed by atoms with Crippen molar-refractivity contribution < 1.29 is 14.7 Å². The van der Waals surface area contributed by atoms with E-state index in [0.29, 0.717) is 9.90 Å². The first kappa shape index (κ1) is 22.0. The van der Waals surface area contributed by atoms with E-state index in [-0.39, 0.29) is 17.2 Å². The van der Waals surface area contributed by atoms with Crippen LogP contribution in [0.4, 0.5) is 0 Å². The Hall–Kier alpha value is -2.69. The van der Waals surface area contributed by atoms with Gasteiger partial charge in [0.2, 0.25) is 0 Å². The molecule has 7 nitrogen and oxygen atoms in total. The van der Waals surface area contributed by atoms with E-state index in [1.807, 2.05) is 0 Å². The van der Waals surface area contributed by atoms with E-state index in [0.717, 1.165) is 10.1 Å². The van der Waals surface area contributed by atoms with Crippen LogP contribution in [0.3, 0.4) is 0 Å². The molecule has 0 saturated carbocycles. The van der Waals surface area contributed by atoms with Crippen LogP contribution >= 0.6 is 34.9 Å². The number of amides is 1. The fraction of sp³-hybridized carbons (Fsp3) is 0.150. The highest BCUT2D eigenvalue weighted by molar-refractivity contribution is 8.03. The number of carboxylic acid groups (broad SMARTS) is 1. The third-order valence-corrected chi connectivity index (χ3v) is 7.03. The van der Waals surface area contributed by atoms with Crippen molar-refractivity contribution in [2.45, 2.75) is 21.4 Å². The molecule has 1 aromatic heterocycles. The number of hydrogen-bond donors (Lipinski definition) is 1. The predicted octanol–water partition coefficient (Wildman–Crippen LogP) is 2.74. The van der Waals surface area contributed by atoms with E-state index in [4.69, 9.17) is 0 Å². The maximum Gasteiger partial charge on any atom is 0.250 e. The van der Waals surface area contributed by atoms with Crippen molar-refractivity contribution in [2.24, 2.45) is 5.10 Å². The SMILES string of the molecule is Cc1ccc(CSc2nnc(SCC(=O)N/N=C\c3ccccc3C(=O)[O-])s2)cc1. The molecule has 0 unspecified atom stereocenters. The van der Waals surface area contributed by atoms with Crippen molar-refractivity contribution in [1.29, 1.82) is 0 Å². The van der Waals surface area contributed by atoms with Crippen molar-refractivity contribution >= 4 is 53.0 Å². The Labute approximate surface area is 186 Å². The molecule has 3 aromatic rings. The van der Waals surface area contributed by atoms with Crippen molar-refractivity contribution in [3.05, 3.63) is 70.8 Å². The standard InChI is InChI=1S/C20H18N4O3S3/c1-13-6-8-14(9-7-13)11-28-19-23-24-20(30-19)29-12-17(25)22-21-10-15-4-2-3-5-16(15)18(26)27/h2-10H,11-12H2,1H3,(H,22,25)(H,26,27)/p-1/b21-10-. The number of hydrazone groups is 1. The zero-order valence-corrected chi connectivity index (χ0v) is 18.4. The first-order valence-electron chi connectivity index (χ1n) is 8.78. The maximum absolute atomic E-state index is 11.9. The van der Waals surface area contributed by atoms with Crippen molar-refractivity contribution in [2.75, 3.05) is 5.75 Å². The molecule has 0 fully saturated rings. The smallest absolute Gasteiger partial charge is 0.250 e. The van der Waals surface area contributed by atoms with Gasteiger partial charge in [0.15, 0.2) is 8.68 Å². The zero-order chi connectivity index (χ0) is 21.3. The zero-order valence-electron chi connectivity index (χ0n) is 15.9. The van der Waals surface area contributed by atoms with Gasteiger partial charge in [-0.3, -0.25) is 4.79 Å². The summed E-state index contributed by atoms with van der Waals surface area (Å²) >= 11 is 4.31. The summed E-state index contributed by atoms with van der Waals surface area (Å²) in [5.74, 6) is -0.698. The Morgan fingerprint density at radius 1 is 1.10 bits per heavy atom. The average Bonchev–Trinajstić information content (AvgIpc) is 3.20. The molecule has 1 N–H and O–H groups in total. The van der Waals surface area contributed by atoms with Crippen LogP contribution in [0.1, 0.15) is 27.0 Å². The number of aryl methyl sites for hydroxylation is 1. The van der Waals surface area contributed by atoms with Crippen LogP contribution in [0.2, 0.25) is 0 Å². The van der Waals surface area contributed by atoms with Gasteiger partial charge in [-0.2, -0.15) is 5.10 Å². The van der Waals surface area contributed by atoms with Gasteiger partial charge in [0, 0.05) is 16.9 Å². The number of nitrogens with one attached hydrogen (secondary N) is 1. The average molecular weight is 458 g/mol. The summed E-state index contributed by atoms with van der Waals surface area (Å²) in [6.45, 7) is 2.05. The van der Waals surface area contributed by atoms with Gasteiger partial charge in [-0.15, -0.1) is 10.2 Å². The lowest BCUT2D eigenvalue weighted by Gasteiger charge is -2.05. The molecule has 0 aliphatic carbocycles. The Bertz CT molecular complexity index is 1050. The second-order valence-electron chi connectivity index (χ2n) is 6.06. The highest BCUT2D eigenvalue weighted by Crippen LogP contribution is 2.30. The van der Waals surface area contributed by atoms with Crippen LogP contribution in [0.25, 0.3) is 0 Å². The summed E-state index contributed by atoms with van der Waals surface area (Å²) in [5.41, 5.74) is 5.17. The van der Waals surface area contributed by atoms with E-state index >= 15 is 0 Å². The third kappa shape index (κ3) is 6.68. The Balaban J connectivity index is 1.44. The number of carboxylic acids is 1. The van der Waals surface area contributed by atoms with Crippen LogP contribution in [-0.4, -0.2) is 34.0 Å². The number of aromatic carboxylic acids is 1. The fourth-order valence-electron chi connectivity index (χ4n) is 2.27. The van der Waals surface area contributed by atoms with Gasteiger partial charge in [-0.1, -0.05) is 89.0 Å². The van der Waals surface area contributed by atoms with Crippen LogP contribution in [0.5, 0.6) is 0 Å². The van der Waals surface area contributed by atoms with Gasteiger partial charge in [-0.25, -0.2) is 5.43 Å². The molecule has 1 heterocycles. The fourth-order valence-corrected chi connectivity index (χ4v) is 5.04. The molecule has 0 aliphatic rings. The van der Waals surface area contributed by atoms with E-state index in [1.165, 1.54) is 46.5 Å². The van der Waals surface area contributed by atoms with Crippen LogP contribution < -0.4 is 10.5 Å². The number of nitrogens with zero attached hydrogens (tertiary/aromatic N) is 3. The minimum Gasteiger partial charge on any atom is -0.545 e. The molecular weight excluding hydrogens is 440 g/mol. The molecule has 0 bridgehead atoms. The van der Waals surface area contributed by atoms with Crippen LogP contribution in [0, 0.1) is 6.92 Å². The summed E-state index contributed by atoms with van der Waals surface area (Å²) in [7, 11) is 0. The summed E-state index contributed by atoms with van der Waals surface area (Å²) in [6.07, 6.45) is 1.28. The highest BCUT2D eigenvalue weighted by Gasteiger charge is 2.09. The Morgan fingerprint density at radius 3 is 2.53 bits per heavy atom. The lowest BCUT2D eigenvalue weighted by atomic mass is 10.1. The van der Waals surface area contributed by atoms with Crippen molar-refractivity contribution in [3.8, 4) is 0 Å². The van der Waals surface area contributed by atoms with Gasteiger partial charge in [0.1, 0.15) is 0 Å². The maximum atomic E-state index is 11.9. The van der Waals surface area contributed by atoms with Gasteiger partial charge in [-0.05, 0) is 12.5 Å². The first-order chi connectivity index (χ1) is 14.5. The quantitative estimate of drug-likeness (QED) is 0.299. The van der Waals surface area contributed by atoms with E-state index in [2.05, 4.69) is 51.9 Å². The summed E-state index contributed by atoms with van der Waals surface area (Å²) in [4.78, 5) is 23.0. The van der Waals surface area contributed by atoms with Gasteiger partial charge < -0.3 is 9.90 Å². The molecule has 3 rings (SSSR count). The molecule has 1 amide bonds. The van der Waals surface area contributed by atoms with E-state index in [1.54, 1.807) is 30.0 Å². The normalized spacial score (nSPS) is 11.0. The van der Waals surface area contributed by atoms with Crippen LogP contribution in [0.15, 0.2) is 62.3 Å². The van der Waals surface area contributed by atoms with E-state index < -0.39 is 5.97 Å². The molecule has 0 aliphatic heterocycles. The number of hydrogen-bond acceptors (Lipinski definition) is 9. The Kier molecular flexibility index (Phi) is 8.00. The van der Waals surface area contributed by atoms with Gasteiger partial charge in [0.05, 0.1) is 17.9 Å². The number of benzene rings is 2. The second-order valence-corrected chi connectivity index (χ2v) is 9.49. The number of rotatable bonds is 9. The predicted molar refractivity (Wildman–Crippen MR) is 118 cm³/mol. The monoisotopic (exact) mass is 457 g/mol. The lowest BCUT2D eigenvalue weighted by molar-refractivity contribution is -0.255. The molecule has 30 heavy (non-hydrogen) atoms. The van der Waals surface area contributed by atoms with Crippen LogP contribution in [-0.2, 0) is 10.5 Å². The summed E-state index contributed by atoms with van der Waals surface area (Å²) < 4.78 is 1.54. The minimum absolute atomic E-state index is 0.00870. The third-order valence-electron chi connectivity index (χ3n) is 3.77. The molecule has 2 aromatic carbocycles. The second kappa shape index (κ2) is 10.9. The lowest BCUT2D eigenvalue weighted by Crippen LogP contribution is -2.24. The number of carbonyl (C=O) groups excluding carboxylic acids is 2.